The third-order valence-corrected chi connectivity index (χ3v) is 1.91. The van der Waals surface area contributed by atoms with Crippen molar-refractivity contribution in [3.8, 4) is 0 Å². The van der Waals surface area contributed by atoms with E-state index < -0.39 is 5.82 Å². The summed E-state index contributed by atoms with van der Waals surface area (Å²) in [5.74, 6) is -0.392. The number of rotatable bonds is 2. The SMILES string of the molecule is Cc1cc(Cl)c(F)c(/C=C/CN)c1. The molecule has 0 aliphatic carbocycles. The van der Waals surface area contributed by atoms with Crippen LogP contribution in [0.3, 0.4) is 0 Å². The van der Waals surface area contributed by atoms with Crippen LogP contribution in [0.2, 0.25) is 5.02 Å². The van der Waals surface area contributed by atoms with E-state index in [1.54, 1.807) is 24.3 Å². The van der Waals surface area contributed by atoms with Crippen molar-refractivity contribution in [1.82, 2.24) is 0 Å². The van der Waals surface area contributed by atoms with Crippen molar-refractivity contribution in [3.05, 3.63) is 40.2 Å². The Balaban J connectivity index is 3.12. The molecule has 0 aromatic heterocycles. The molecule has 0 radical (unpaired) electrons. The summed E-state index contributed by atoms with van der Waals surface area (Å²) in [6, 6.07) is 3.32. The molecule has 0 unspecified atom stereocenters. The molecule has 0 atom stereocenters. The largest absolute Gasteiger partial charge is 0.327 e. The summed E-state index contributed by atoms with van der Waals surface area (Å²) in [4.78, 5) is 0. The normalized spacial score (nSPS) is 11.1. The van der Waals surface area contributed by atoms with Crippen LogP contribution in [0, 0.1) is 12.7 Å². The van der Waals surface area contributed by atoms with Crippen molar-refractivity contribution >= 4 is 17.7 Å². The van der Waals surface area contributed by atoms with Gasteiger partial charge in [-0.25, -0.2) is 4.39 Å². The summed E-state index contributed by atoms with van der Waals surface area (Å²) >= 11 is 5.66. The van der Waals surface area contributed by atoms with Crippen molar-refractivity contribution in [2.45, 2.75) is 6.92 Å². The summed E-state index contributed by atoms with van der Waals surface area (Å²) in [6.07, 6.45) is 3.32. The number of hydrogen-bond donors (Lipinski definition) is 1. The summed E-state index contributed by atoms with van der Waals surface area (Å²) in [5.41, 5.74) is 6.68. The molecule has 0 saturated carbocycles. The Hall–Kier alpha value is -0.860. The highest BCUT2D eigenvalue weighted by molar-refractivity contribution is 6.31. The molecule has 1 nitrogen and oxygen atoms in total. The highest BCUT2D eigenvalue weighted by Crippen LogP contribution is 2.21. The fraction of sp³-hybridized carbons (Fsp3) is 0.200. The summed E-state index contributed by atoms with van der Waals surface area (Å²) in [7, 11) is 0. The fourth-order valence-corrected chi connectivity index (χ4v) is 1.35. The monoisotopic (exact) mass is 199 g/mol. The molecule has 13 heavy (non-hydrogen) atoms. The topological polar surface area (TPSA) is 26.0 Å². The van der Waals surface area contributed by atoms with Gasteiger partial charge in [0, 0.05) is 12.1 Å². The number of halogens is 2. The third kappa shape index (κ3) is 2.54. The van der Waals surface area contributed by atoms with Gasteiger partial charge in [-0.1, -0.05) is 23.8 Å². The first-order chi connectivity index (χ1) is 6.15. The van der Waals surface area contributed by atoms with Gasteiger partial charge in [0.1, 0.15) is 5.82 Å². The summed E-state index contributed by atoms with van der Waals surface area (Å²) < 4.78 is 13.3. The van der Waals surface area contributed by atoms with E-state index in [4.69, 9.17) is 17.3 Å². The van der Waals surface area contributed by atoms with Gasteiger partial charge in [0.15, 0.2) is 0 Å². The number of hydrogen-bond acceptors (Lipinski definition) is 1. The zero-order valence-electron chi connectivity index (χ0n) is 7.35. The Morgan fingerprint density at radius 1 is 1.54 bits per heavy atom. The van der Waals surface area contributed by atoms with Gasteiger partial charge in [-0.15, -0.1) is 0 Å². The fourth-order valence-electron chi connectivity index (χ4n) is 1.07. The van der Waals surface area contributed by atoms with Crippen LogP contribution in [0.15, 0.2) is 18.2 Å². The maximum absolute atomic E-state index is 13.3. The van der Waals surface area contributed by atoms with Crippen molar-refractivity contribution in [2.75, 3.05) is 6.54 Å². The summed E-state index contributed by atoms with van der Waals surface area (Å²) in [6.45, 7) is 2.26. The van der Waals surface area contributed by atoms with Crippen molar-refractivity contribution in [1.29, 1.82) is 0 Å². The molecule has 0 heterocycles. The van der Waals surface area contributed by atoms with E-state index in [9.17, 15) is 4.39 Å². The van der Waals surface area contributed by atoms with E-state index in [1.807, 2.05) is 6.92 Å². The van der Waals surface area contributed by atoms with E-state index >= 15 is 0 Å². The minimum atomic E-state index is -0.392. The highest BCUT2D eigenvalue weighted by Gasteiger charge is 2.04. The van der Waals surface area contributed by atoms with Crippen LogP contribution in [0.25, 0.3) is 6.08 Å². The molecule has 0 spiro atoms. The summed E-state index contributed by atoms with van der Waals surface area (Å²) in [5, 5.41) is 0.150. The lowest BCUT2D eigenvalue weighted by molar-refractivity contribution is 0.625. The smallest absolute Gasteiger partial charge is 0.148 e. The first-order valence-electron chi connectivity index (χ1n) is 3.97. The molecule has 0 aliphatic rings. The molecule has 1 rings (SSSR count). The van der Waals surface area contributed by atoms with Gasteiger partial charge >= 0.3 is 0 Å². The lowest BCUT2D eigenvalue weighted by Crippen LogP contribution is -1.93. The maximum atomic E-state index is 13.3. The Kier molecular flexibility index (Phi) is 3.46. The highest BCUT2D eigenvalue weighted by atomic mass is 35.5. The van der Waals surface area contributed by atoms with Crippen LogP contribution in [-0.4, -0.2) is 6.54 Å². The van der Waals surface area contributed by atoms with Gasteiger partial charge in [0.25, 0.3) is 0 Å². The van der Waals surface area contributed by atoms with Gasteiger partial charge in [-0.05, 0) is 24.6 Å². The molecule has 1 aromatic rings. The quantitative estimate of drug-likeness (QED) is 0.779. The second-order valence-corrected chi connectivity index (χ2v) is 3.20. The molecular formula is C10H11ClFN. The average Bonchev–Trinajstić information content (AvgIpc) is 2.09. The minimum Gasteiger partial charge on any atom is -0.327 e. The van der Waals surface area contributed by atoms with Crippen molar-refractivity contribution in [3.63, 3.8) is 0 Å². The number of benzene rings is 1. The molecule has 0 aliphatic heterocycles. The Labute approximate surface area is 82.0 Å². The van der Waals surface area contributed by atoms with Crippen LogP contribution in [0.1, 0.15) is 11.1 Å². The predicted octanol–water partition coefficient (Wildman–Crippen LogP) is 2.76. The lowest BCUT2D eigenvalue weighted by atomic mass is 10.1. The van der Waals surface area contributed by atoms with Gasteiger partial charge in [0.05, 0.1) is 5.02 Å². The molecule has 0 bridgehead atoms. The zero-order chi connectivity index (χ0) is 9.84. The van der Waals surface area contributed by atoms with Crippen molar-refractivity contribution in [2.24, 2.45) is 5.73 Å². The van der Waals surface area contributed by atoms with Gasteiger partial charge < -0.3 is 5.73 Å². The molecular weight excluding hydrogens is 189 g/mol. The molecule has 2 N–H and O–H groups in total. The average molecular weight is 200 g/mol. The van der Waals surface area contributed by atoms with E-state index in [1.165, 1.54) is 0 Å². The van der Waals surface area contributed by atoms with Crippen LogP contribution in [0.5, 0.6) is 0 Å². The Morgan fingerprint density at radius 3 is 2.85 bits per heavy atom. The van der Waals surface area contributed by atoms with E-state index in [0.717, 1.165) is 5.56 Å². The number of aryl methyl sites for hydroxylation is 1. The number of nitrogens with two attached hydrogens (primary N) is 1. The van der Waals surface area contributed by atoms with Gasteiger partial charge in [0.2, 0.25) is 0 Å². The van der Waals surface area contributed by atoms with Crippen LogP contribution < -0.4 is 5.73 Å². The second-order valence-electron chi connectivity index (χ2n) is 2.79. The van der Waals surface area contributed by atoms with E-state index in [0.29, 0.717) is 12.1 Å². The van der Waals surface area contributed by atoms with E-state index in [-0.39, 0.29) is 5.02 Å². The second kappa shape index (κ2) is 4.40. The molecule has 70 valence electrons. The van der Waals surface area contributed by atoms with Crippen LogP contribution in [0.4, 0.5) is 4.39 Å². The zero-order valence-corrected chi connectivity index (χ0v) is 8.11. The first kappa shape index (κ1) is 10.2. The first-order valence-corrected chi connectivity index (χ1v) is 4.35. The molecule has 0 fully saturated rings. The Morgan fingerprint density at radius 2 is 2.23 bits per heavy atom. The van der Waals surface area contributed by atoms with Crippen LogP contribution >= 0.6 is 11.6 Å². The maximum Gasteiger partial charge on any atom is 0.148 e. The molecule has 3 heteroatoms. The van der Waals surface area contributed by atoms with Crippen LogP contribution in [-0.2, 0) is 0 Å². The van der Waals surface area contributed by atoms with Crippen molar-refractivity contribution < 1.29 is 4.39 Å². The molecule has 1 aromatic carbocycles. The van der Waals surface area contributed by atoms with Gasteiger partial charge in [-0.2, -0.15) is 0 Å². The van der Waals surface area contributed by atoms with E-state index in [2.05, 4.69) is 0 Å². The lowest BCUT2D eigenvalue weighted by Gasteiger charge is -2.01. The van der Waals surface area contributed by atoms with Gasteiger partial charge in [-0.3, -0.25) is 0 Å². The standard InChI is InChI=1S/C10H11ClFN/c1-7-5-8(3-2-4-13)10(12)9(11)6-7/h2-3,5-6H,4,13H2,1H3/b3-2+. The minimum absolute atomic E-state index is 0.150. The molecule has 0 amide bonds. The Bertz CT molecular complexity index is 334. The predicted molar refractivity (Wildman–Crippen MR) is 54.2 cm³/mol. The third-order valence-electron chi connectivity index (χ3n) is 1.63. The molecule has 0 saturated heterocycles.